The van der Waals surface area contributed by atoms with Gasteiger partial charge in [-0.2, -0.15) is 10.2 Å². The summed E-state index contributed by atoms with van der Waals surface area (Å²) in [5.41, 5.74) is 2.36. The molecule has 0 aliphatic carbocycles. The Balaban J connectivity index is 1.54. The van der Waals surface area contributed by atoms with Gasteiger partial charge in [-0.1, -0.05) is 12.1 Å². The van der Waals surface area contributed by atoms with Crippen LogP contribution in [0.3, 0.4) is 0 Å². The highest BCUT2D eigenvalue weighted by Crippen LogP contribution is 2.40. The molecule has 3 heterocycles. The summed E-state index contributed by atoms with van der Waals surface area (Å²) < 4.78 is 6.48. The van der Waals surface area contributed by atoms with Gasteiger partial charge < -0.3 is 14.5 Å². The van der Waals surface area contributed by atoms with Gasteiger partial charge in [-0.05, 0) is 25.1 Å². The van der Waals surface area contributed by atoms with Crippen LogP contribution in [0.1, 0.15) is 16.3 Å². The maximum absolute atomic E-state index is 12.7. The van der Waals surface area contributed by atoms with Crippen LogP contribution >= 0.6 is 0 Å². The number of Topliss-reactive ketones (excluding diaryl/α,β-unsaturated/α-hetero) is 1. The number of esters is 1. The Labute approximate surface area is 171 Å². The number of aromatic nitrogens is 4. The molecule has 2 aromatic heterocycles. The molecule has 0 unspecified atom stereocenters. The molecule has 1 aliphatic rings. The molecule has 10 nitrogen and oxygen atoms in total. The lowest BCUT2D eigenvalue weighted by Gasteiger charge is -2.19. The van der Waals surface area contributed by atoms with E-state index in [1.807, 2.05) is 30.3 Å². The molecule has 10 heteroatoms. The van der Waals surface area contributed by atoms with Crippen LogP contribution in [-0.4, -0.2) is 52.0 Å². The van der Waals surface area contributed by atoms with Gasteiger partial charge in [-0.25, -0.2) is 14.3 Å². The maximum atomic E-state index is 12.7. The number of nitrogens with zero attached hydrogens (tertiary/aromatic N) is 7. The highest BCUT2D eigenvalue weighted by Gasteiger charge is 2.31. The van der Waals surface area contributed by atoms with Crippen molar-refractivity contribution in [2.45, 2.75) is 6.92 Å². The second-order valence-electron chi connectivity index (χ2n) is 6.65. The van der Waals surface area contributed by atoms with Crippen molar-refractivity contribution in [2.24, 2.45) is 0 Å². The normalized spacial score (nSPS) is 12.7. The first kappa shape index (κ1) is 19.1. The van der Waals surface area contributed by atoms with Crippen molar-refractivity contribution in [3.63, 3.8) is 0 Å². The minimum absolute atomic E-state index is 0.107. The van der Waals surface area contributed by atoms with E-state index in [1.165, 1.54) is 4.52 Å². The predicted molar refractivity (Wildman–Crippen MR) is 107 cm³/mol. The van der Waals surface area contributed by atoms with Crippen LogP contribution in [0.15, 0.2) is 47.9 Å². The zero-order valence-corrected chi connectivity index (χ0v) is 16.5. The largest absolute Gasteiger partial charge is 0.451 e. The van der Waals surface area contributed by atoms with E-state index in [-0.39, 0.29) is 17.2 Å². The van der Waals surface area contributed by atoms with Crippen molar-refractivity contribution >= 4 is 28.9 Å². The lowest BCUT2D eigenvalue weighted by molar-refractivity contribution is -0.118. The zero-order chi connectivity index (χ0) is 21.4. The number of carbonyl (C=O) groups is 2. The Morgan fingerprint density at radius 2 is 1.80 bits per heavy atom. The van der Waals surface area contributed by atoms with Crippen LogP contribution in [0.5, 0.6) is 0 Å². The van der Waals surface area contributed by atoms with Crippen LogP contribution in [0.25, 0.3) is 5.78 Å². The number of aryl methyl sites for hydroxylation is 1. The van der Waals surface area contributed by atoms with Gasteiger partial charge in [0.15, 0.2) is 6.61 Å². The number of ketones is 1. The molecule has 0 radical (unpaired) electrons. The highest BCUT2D eigenvalue weighted by atomic mass is 16.5. The first-order chi connectivity index (χ1) is 14.4. The summed E-state index contributed by atoms with van der Waals surface area (Å²) in [5.74, 6) is -1.03. The minimum atomic E-state index is -0.869. The van der Waals surface area contributed by atoms with Crippen molar-refractivity contribution in [2.75, 3.05) is 30.5 Å². The second kappa shape index (κ2) is 7.29. The number of benzene rings is 1. The fourth-order valence-electron chi connectivity index (χ4n) is 3.32. The van der Waals surface area contributed by atoms with Crippen molar-refractivity contribution in [3.05, 3.63) is 59.4 Å². The van der Waals surface area contributed by atoms with Gasteiger partial charge in [0.1, 0.15) is 17.5 Å². The molecule has 1 aliphatic heterocycles. The Bertz CT molecular complexity index is 1220. The Hall–Kier alpha value is -4.26. The number of hydrogen-bond acceptors (Lipinski definition) is 9. The number of nitriles is 1. The minimum Gasteiger partial charge on any atom is -0.451 e. The third-order valence-corrected chi connectivity index (χ3v) is 4.80. The van der Waals surface area contributed by atoms with E-state index in [0.29, 0.717) is 5.82 Å². The first-order valence-electron chi connectivity index (χ1n) is 9.02. The van der Waals surface area contributed by atoms with Crippen molar-refractivity contribution in [3.8, 4) is 6.07 Å². The third kappa shape index (κ3) is 3.02. The van der Waals surface area contributed by atoms with Gasteiger partial charge >= 0.3 is 5.97 Å². The number of anilines is 2. The van der Waals surface area contributed by atoms with Gasteiger partial charge in [-0.3, -0.25) is 4.79 Å². The SMILES string of the molecule is Cc1ccnc2nc(C(=O)OCC(=O)C(C#N)=C3N(C)c4ccccc4N3C)nn12. The van der Waals surface area contributed by atoms with Gasteiger partial charge in [0, 0.05) is 26.0 Å². The molecule has 3 aromatic rings. The van der Waals surface area contributed by atoms with E-state index < -0.39 is 18.4 Å². The van der Waals surface area contributed by atoms with E-state index in [2.05, 4.69) is 15.1 Å². The van der Waals surface area contributed by atoms with Gasteiger partial charge in [0.25, 0.3) is 11.6 Å². The standard InChI is InChI=1S/C20H17N7O3/c1-12-8-9-22-20-23-17(24-27(12)20)19(29)30-11-16(28)13(10-21)18-25(2)14-6-4-5-7-15(14)26(18)3/h4-9H,11H2,1-3H3. The summed E-state index contributed by atoms with van der Waals surface area (Å²) in [7, 11) is 3.54. The molecule has 0 bridgehead atoms. The van der Waals surface area contributed by atoms with E-state index in [1.54, 1.807) is 43.1 Å². The smallest absolute Gasteiger partial charge is 0.378 e. The number of carbonyl (C=O) groups excluding carboxylic acids is 2. The van der Waals surface area contributed by atoms with E-state index in [4.69, 9.17) is 4.74 Å². The molecule has 4 rings (SSSR count). The summed E-state index contributed by atoms with van der Waals surface area (Å²) in [6, 6.07) is 11.2. The Kier molecular flexibility index (Phi) is 4.63. The second-order valence-corrected chi connectivity index (χ2v) is 6.65. The van der Waals surface area contributed by atoms with E-state index in [0.717, 1.165) is 17.1 Å². The van der Waals surface area contributed by atoms with E-state index >= 15 is 0 Å². The third-order valence-electron chi connectivity index (χ3n) is 4.80. The number of para-hydroxylation sites is 2. The molecule has 0 saturated carbocycles. The zero-order valence-electron chi connectivity index (χ0n) is 16.5. The van der Waals surface area contributed by atoms with Crippen LogP contribution in [-0.2, 0) is 9.53 Å². The topological polar surface area (TPSA) is 117 Å². The highest BCUT2D eigenvalue weighted by molar-refractivity contribution is 6.04. The lowest BCUT2D eigenvalue weighted by Crippen LogP contribution is -2.28. The number of ether oxygens (including phenoxy) is 1. The fraction of sp³-hybridized carbons (Fsp3) is 0.200. The Morgan fingerprint density at radius 3 is 2.40 bits per heavy atom. The average Bonchev–Trinajstić information content (AvgIpc) is 3.29. The molecule has 0 amide bonds. The molecule has 30 heavy (non-hydrogen) atoms. The molecule has 0 N–H and O–H groups in total. The van der Waals surface area contributed by atoms with Gasteiger partial charge in [0.05, 0.1) is 11.4 Å². The molecule has 0 fully saturated rings. The van der Waals surface area contributed by atoms with Crippen molar-refractivity contribution in [1.29, 1.82) is 5.26 Å². The van der Waals surface area contributed by atoms with Gasteiger partial charge in [-0.15, -0.1) is 5.10 Å². The lowest BCUT2D eigenvalue weighted by atomic mass is 10.2. The Morgan fingerprint density at radius 1 is 1.13 bits per heavy atom. The van der Waals surface area contributed by atoms with Crippen LogP contribution < -0.4 is 9.80 Å². The summed E-state index contributed by atoms with van der Waals surface area (Å²) in [6.45, 7) is 1.19. The molecule has 1 aromatic carbocycles. The summed E-state index contributed by atoms with van der Waals surface area (Å²) in [5, 5.41) is 13.7. The van der Waals surface area contributed by atoms with E-state index in [9.17, 15) is 14.9 Å². The quantitative estimate of drug-likeness (QED) is 0.363. The maximum Gasteiger partial charge on any atom is 0.378 e. The predicted octanol–water partition coefficient (Wildman–Crippen LogP) is 1.48. The van der Waals surface area contributed by atoms with Crippen LogP contribution in [0, 0.1) is 18.3 Å². The number of hydrogen-bond donors (Lipinski definition) is 0. The molecule has 150 valence electrons. The fourth-order valence-corrected chi connectivity index (χ4v) is 3.32. The number of fused-ring (bicyclic) bond motifs is 2. The summed E-state index contributed by atoms with van der Waals surface area (Å²) >= 11 is 0. The molecule has 0 saturated heterocycles. The first-order valence-corrected chi connectivity index (χ1v) is 9.02. The van der Waals surface area contributed by atoms with Crippen LogP contribution in [0.2, 0.25) is 0 Å². The molecular formula is C20H17N7O3. The van der Waals surface area contributed by atoms with Gasteiger partial charge in [0.2, 0.25) is 5.78 Å². The van der Waals surface area contributed by atoms with Crippen molar-refractivity contribution < 1.29 is 14.3 Å². The number of rotatable bonds is 4. The monoisotopic (exact) mass is 403 g/mol. The summed E-state index contributed by atoms with van der Waals surface area (Å²) in [4.78, 5) is 36.5. The molecule has 0 atom stereocenters. The summed E-state index contributed by atoms with van der Waals surface area (Å²) in [6.07, 6.45) is 1.55. The molecular weight excluding hydrogens is 386 g/mol. The average molecular weight is 403 g/mol. The molecule has 0 spiro atoms. The van der Waals surface area contributed by atoms with Crippen molar-refractivity contribution in [1.82, 2.24) is 19.6 Å². The van der Waals surface area contributed by atoms with Crippen LogP contribution in [0.4, 0.5) is 11.4 Å².